The number of hydrogen-bond acceptors (Lipinski definition) is 8. The Morgan fingerprint density at radius 3 is 2.62 bits per heavy atom. The predicted octanol–water partition coefficient (Wildman–Crippen LogP) is 1.67. The summed E-state index contributed by atoms with van der Waals surface area (Å²) in [5.74, 6) is -0.602. The van der Waals surface area contributed by atoms with E-state index in [1.807, 2.05) is 12.2 Å². The Morgan fingerprint density at radius 2 is 1.90 bits per heavy atom. The van der Waals surface area contributed by atoms with E-state index in [-0.39, 0.29) is 54.4 Å². The molecule has 2 aliphatic heterocycles. The van der Waals surface area contributed by atoms with Crippen molar-refractivity contribution < 1.29 is 23.9 Å². The van der Waals surface area contributed by atoms with Crippen molar-refractivity contribution in [1.82, 2.24) is 25.8 Å². The molecule has 1 aromatic rings. The standard InChI is InChI=1S/C28H40ClN5O5S/c1-3-25(35)31-22(15-26-32-21-5-4-20(29)14-24(21)40-26)28(37)33-23(19-6-10-38-11-7-19)16-30-27(36)18(2)17-34-8-12-39-13-9-34/h4-5,19-20,22-23H,2-3,6-17H2,1H3,(H,30,36)(H,31,35)(H,33,37)/t20?,22-,23?/m0/s1. The average Bonchev–Trinajstić information content (AvgIpc) is 3.36. The number of carbonyl (C=O) groups is 3. The van der Waals surface area contributed by atoms with Crippen LogP contribution in [0.15, 0.2) is 18.2 Å². The fraction of sp³-hybridized carbons (Fsp3) is 0.643. The van der Waals surface area contributed by atoms with Gasteiger partial charge in [0.25, 0.3) is 0 Å². The summed E-state index contributed by atoms with van der Waals surface area (Å²) < 4.78 is 10.9. The molecule has 2 fully saturated rings. The molecule has 3 aliphatic rings. The fourth-order valence-corrected chi connectivity index (χ4v) is 6.54. The molecule has 0 aromatic carbocycles. The minimum atomic E-state index is -0.787. The average molecular weight is 594 g/mol. The highest BCUT2D eigenvalue weighted by molar-refractivity contribution is 7.11. The monoisotopic (exact) mass is 593 g/mol. The van der Waals surface area contributed by atoms with Gasteiger partial charge in [0.1, 0.15) is 6.04 Å². The maximum Gasteiger partial charge on any atom is 0.247 e. The van der Waals surface area contributed by atoms with Crippen molar-refractivity contribution in [3.8, 4) is 0 Å². The highest BCUT2D eigenvalue weighted by Gasteiger charge is 2.31. The second-order valence-corrected chi connectivity index (χ2v) is 12.2. The smallest absolute Gasteiger partial charge is 0.247 e. The third-order valence-corrected chi connectivity index (χ3v) is 8.87. The molecule has 40 heavy (non-hydrogen) atoms. The van der Waals surface area contributed by atoms with Crippen LogP contribution in [0.2, 0.25) is 0 Å². The summed E-state index contributed by atoms with van der Waals surface area (Å²) in [5, 5.41) is 9.70. The number of aromatic nitrogens is 1. The fourth-order valence-electron chi connectivity index (χ4n) is 5.06. The molecule has 0 spiro atoms. The summed E-state index contributed by atoms with van der Waals surface area (Å²) in [7, 11) is 0. The maximum atomic E-state index is 13.6. The van der Waals surface area contributed by atoms with Crippen LogP contribution < -0.4 is 16.0 Å². The SMILES string of the molecule is C=C(CN1CCOCC1)C(=O)NCC(NC(=O)[C@H](Cc1nc2c(s1)CC(Cl)C=C2)NC(=O)CC)C1CCOCC1. The minimum Gasteiger partial charge on any atom is -0.381 e. The number of hydrogen-bond donors (Lipinski definition) is 3. The van der Waals surface area contributed by atoms with Crippen molar-refractivity contribution in [2.75, 3.05) is 52.6 Å². The van der Waals surface area contributed by atoms with E-state index in [0.717, 1.165) is 41.5 Å². The van der Waals surface area contributed by atoms with E-state index in [1.54, 1.807) is 6.92 Å². The van der Waals surface area contributed by atoms with Crippen molar-refractivity contribution in [3.63, 3.8) is 0 Å². The van der Waals surface area contributed by atoms with Crippen molar-refractivity contribution >= 4 is 46.7 Å². The molecule has 4 rings (SSSR count). The number of rotatable bonds is 12. The molecule has 10 nitrogen and oxygen atoms in total. The summed E-state index contributed by atoms with van der Waals surface area (Å²) in [6, 6.07) is -1.10. The minimum absolute atomic E-state index is 0.0694. The summed E-state index contributed by atoms with van der Waals surface area (Å²) in [6.45, 7) is 10.5. The van der Waals surface area contributed by atoms with Crippen LogP contribution in [0.1, 0.15) is 41.8 Å². The number of carbonyl (C=O) groups excluding carboxylic acids is 3. The lowest BCUT2D eigenvalue weighted by atomic mass is 9.91. The lowest BCUT2D eigenvalue weighted by Crippen LogP contribution is -2.55. The van der Waals surface area contributed by atoms with Gasteiger partial charge in [-0.2, -0.15) is 0 Å². The third-order valence-electron chi connectivity index (χ3n) is 7.45. The van der Waals surface area contributed by atoms with E-state index >= 15 is 0 Å². The molecule has 0 bridgehead atoms. The molecule has 220 valence electrons. The summed E-state index contributed by atoms with van der Waals surface area (Å²) in [4.78, 5) is 46.8. The Morgan fingerprint density at radius 1 is 1.18 bits per heavy atom. The molecule has 3 amide bonds. The maximum absolute atomic E-state index is 13.6. The summed E-state index contributed by atoms with van der Waals surface area (Å²) in [6.07, 6.45) is 6.61. The lowest BCUT2D eigenvalue weighted by Gasteiger charge is -2.32. The number of alkyl halides is 1. The van der Waals surface area contributed by atoms with Gasteiger partial charge in [-0.3, -0.25) is 19.3 Å². The Labute approximate surface area is 244 Å². The first-order chi connectivity index (χ1) is 19.3. The molecular weight excluding hydrogens is 554 g/mol. The van der Waals surface area contributed by atoms with Crippen molar-refractivity contribution in [2.24, 2.45) is 5.92 Å². The van der Waals surface area contributed by atoms with E-state index in [2.05, 4.69) is 32.4 Å². The second kappa shape index (κ2) is 15.1. The molecule has 2 unspecified atom stereocenters. The van der Waals surface area contributed by atoms with E-state index in [1.165, 1.54) is 11.3 Å². The van der Waals surface area contributed by atoms with Crippen LogP contribution in [-0.4, -0.2) is 97.7 Å². The van der Waals surface area contributed by atoms with Gasteiger partial charge in [0.2, 0.25) is 17.7 Å². The van der Waals surface area contributed by atoms with E-state index in [0.29, 0.717) is 45.0 Å². The first-order valence-corrected chi connectivity index (χ1v) is 15.3. The number of fused-ring (bicyclic) bond motifs is 1. The van der Waals surface area contributed by atoms with Gasteiger partial charge >= 0.3 is 0 Å². The van der Waals surface area contributed by atoms with Gasteiger partial charge in [-0.05, 0) is 24.8 Å². The Hall–Kier alpha value is -2.31. The number of thiazole rings is 1. The van der Waals surface area contributed by atoms with Crippen LogP contribution in [-0.2, 0) is 36.7 Å². The highest BCUT2D eigenvalue weighted by atomic mass is 35.5. The quantitative estimate of drug-likeness (QED) is 0.249. The zero-order valence-electron chi connectivity index (χ0n) is 23.1. The first-order valence-electron chi connectivity index (χ1n) is 14.1. The normalized spacial score (nSPS) is 21.2. The molecule has 0 saturated carbocycles. The molecule has 0 radical (unpaired) electrons. The van der Waals surface area contributed by atoms with Crippen LogP contribution in [0.4, 0.5) is 0 Å². The van der Waals surface area contributed by atoms with E-state index in [9.17, 15) is 14.4 Å². The third kappa shape index (κ3) is 8.84. The Bertz CT molecular complexity index is 1080. The molecule has 3 heterocycles. The zero-order valence-corrected chi connectivity index (χ0v) is 24.7. The van der Waals surface area contributed by atoms with E-state index in [4.69, 9.17) is 21.1 Å². The Kier molecular flexibility index (Phi) is 11.5. The van der Waals surface area contributed by atoms with Gasteiger partial charge in [-0.25, -0.2) is 4.98 Å². The van der Waals surface area contributed by atoms with Crippen LogP contribution in [0.5, 0.6) is 0 Å². The van der Waals surface area contributed by atoms with Crippen LogP contribution in [0, 0.1) is 5.92 Å². The highest BCUT2D eigenvalue weighted by Crippen LogP contribution is 2.28. The predicted molar refractivity (Wildman–Crippen MR) is 155 cm³/mol. The Balaban J connectivity index is 1.41. The molecule has 12 heteroatoms. The largest absolute Gasteiger partial charge is 0.381 e. The van der Waals surface area contributed by atoms with Gasteiger partial charge in [0.05, 0.1) is 29.3 Å². The molecule has 3 atom stereocenters. The molecule has 3 N–H and O–H groups in total. The number of nitrogens with one attached hydrogen (secondary N) is 3. The van der Waals surface area contributed by atoms with Gasteiger partial charge in [0, 0.05) is 75.1 Å². The molecule has 2 saturated heterocycles. The van der Waals surface area contributed by atoms with Gasteiger partial charge in [-0.15, -0.1) is 22.9 Å². The number of amides is 3. The van der Waals surface area contributed by atoms with Crippen molar-refractivity contribution in [3.05, 3.63) is 33.8 Å². The van der Waals surface area contributed by atoms with Gasteiger partial charge < -0.3 is 25.4 Å². The number of nitrogens with zero attached hydrogens (tertiary/aromatic N) is 2. The van der Waals surface area contributed by atoms with Crippen LogP contribution in [0.3, 0.4) is 0 Å². The van der Waals surface area contributed by atoms with Crippen LogP contribution >= 0.6 is 22.9 Å². The molecular formula is C28H40ClN5O5S. The number of allylic oxidation sites excluding steroid dienone is 1. The van der Waals surface area contributed by atoms with Gasteiger partial charge in [0.15, 0.2) is 0 Å². The molecule has 1 aromatic heterocycles. The molecule has 1 aliphatic carbocycles. The van der Waals surface area contributed by atoms with Crippen molar-refractivity contribution in [1.29, 1.82) is 0 Å². The first kappa shape index (κ1) is 30.6. The van der Waals surface area contributed by atoms with Gasteiger partial charge in [-0.1, -0.05) is 19.6 Å². The van der Waals surface area contributed by atoms with E-state index < -0.39 is 6.04 Å². The number of halogens is 1. The number of ether oxygens (including phenoxy) is 2. The number of morpholine rings is 1. The summed E-state index contributed by atoms with van der Waals surface area (Å²) in [5.41, 5.74) is 1.35. The van der Waals surface area contributed by atoms with Crippen molar-refractivity contribution in [2.45, 2.75) is 56.5 Å². The van der Waals surface area contributed by atoms with Crippen LogP contribution in [0.25, 0.3) is 6.08 Å². The summed E-state index contributed by atoms with van der Waals surface area (Å²) >= 11 is 7.79. The topological polar surface area (TPSA) is 122 Å². The zero-order chi connectivity index (χ0) is 28.5. The second-order valence-electron chi connectivity index (χ2n) is 10.4. The lowest BCUT2D eigenvalue weighted by molar-refractivity contribution is -0.129.